The van der Waals surface area contributed by atoms with Gasteiger partial charge in [-0.25, -0.2) is 4.90 Å². The topological polar surface area (TPSA) is 88.1 Å². The second kappa shape index (κ2) is 8.96. The third-order valence-corrected chi connectivity index (χ3v) is 5.65. The van der Waals surface area contributed by atoms with E-state index in [1.54, 1.807) is 24.3 Å². The van der Waals surface area contributed by atoms with E-state index in [0.29, 0.717) is 15.6 Å². The maximum absolute atomic E-state index is 12.7. The zero-order valence-electron chi connectivity index (χ0n) is 14.2. The number of benzene rings is 2. The lowest BCUT2D eigenvalue weighted by molar-refractivity contribution is -0.121. The van der Waals surface area contributed by atoms with Gasteiger partial charge < -0.3 is 5.73 Å². The molecule has 2 aromatic carbocycles. The number of nitrogens with zero attached hydrogens (tertiary/aromatic N) is 3. The first-order chi connectivity index (χ1) is 13.4. The van der Waals surface area contributed by atoms with Crippen LogP contribution in [0.25, 0.3) is 0 Å². The molecule has 0 bridgehead atoms. The molecule has 144 valence electrons. The predicted molar refractivity (Wildman–Crippen MR) is 116 cm³/mol. The number of carbonyl (C=O) groups is 2. The highest BCUT2D eigenvalue weighted by atomic mass is 35.5. The highest BCUT2D eigenvalue weighted by Crippen LogP contribution is 2.35. The molecule has 2 amide bonds. The minimum Gasteiger partial charge on any atom is -0.377 e. The lowest BCUT2D eigenvalue weighted by atomic mass is 10.2. The maximum atomic E-state index is 12.7. The van der Waals surface area contributed by atoms with Gasteiger partial charge in [0.1, 0.15) is 5.25 Å². The average Bonchev–Trinajstić information content (AvgIpc) is 2.92. The number of halogens is 3. The van der Waals surface area contributed by atoms with Gasteiger partial charge in [-0.15, -0.1) is 5.10 Å². The van der Waals surface area contributed by atoms with Gasteiger partial charge in [-0.05, 0) is 24.3 Å². The Hall–Kier alpha value is -2.06. The highest BCUT2D eigenvalue weighted by molar-refractivity contribution is 8.14. The molecule has 0 aliphatic carbocycles. The van der Waals surface area contributed by atoms with Crippen molar-refractivity contribution in [2.75, 3.05) is 4.90 Å². The quantitative estimate of drug-likeness (QED) is 0.321. The summed E-state index contributed by atoms with van der Waals surface area (Å²) in [7, 11) is 0. The molecule has 1 saturated heterocycles. The lowest BCUT2D eigenvalue weighted by Crippen LogP contribution is -2.32. The number of amidine groups is 1. The van der Waals surface area contributed by atoms with E-state index in [4.69, 9.17) is 40.5 Å². The molecule has 1 atom stereocenters. The molecule has 1 fully saturated rings. The van der Waals surface area contributed by atoms with Gasteiger partial charge in [0.15, 0.2) is 5.17 Å². The molecule has 1 aliphatic rings. The van der Waals surface area contributed by atoms with Crippen molar-refractivity contribution in [1.82, 2.24) is 0 Å². The van der Waals surface area contributed by atoms with Crippen molar-refractivity contribution >= 4 is 75.4 Å². The SMILES string of the molecule is N/C(=N\N=C\c1ccccc1Cl)SC1CC(=O)N(c2cc(Cl)ccc2Cl)C1=O. The Balaban J connectivity index is 1.71. The molecule has 10 heteroatoms. The number of thioether (sulfide) groups is 1. The molecule has 1 unspecified atom stereocenters. The molecule has 0 aromatic heterocycles. The standard InChI is InChI=1S/C18H13Cl3N4O2S/c19-11-5-6-13(21)14(7-11)25-16(26)8-15(17(25)27)28-18(22)24-23-9-10-3-1-2-4-12(10)20/h1-7,9,15H,8H2,(H2,22,24)/b23-9+. The number of imide groups is 1. The van der Waals surface area contributed by atoms with E-state index in [9.17, 15) is 9.59 Å². The van der Waals surface area contributed by atoms with E-state index in [1.807, 2.05) is 6.07 Å². The number of hydrogen-bond acceptors (Lipinski definition) is 5. The summed E-state index contributed by atoms with van der Waals surface area (Å²) < 4.78 is 0. The third kappa shape index (κ3) is 4.67. The van der Waals surface area contributed by atoms with Crippen molar-refractivity contribution in [3.8, 4) is 0 Å². The fourth-order valence-corrected chi connectivity index (χ4v) is 3.87. The number of hydrogen-bond donors (Lipinski definition) is 1. The fraction of sp³-hybridized carbons (Fsp3) is 0.111. The molecular formula is C18H13Cl3N4O2S. The molecule has 2 N–H and O–H groups in total. The van der Waals surface area contributed by atoms with Crippen molar-refractivity contribution in [2.45, 2.75) is 11.7 Å². The summed E-state index contributed by atoms with van der Waals surface area (Å²) in [6, 6.07) is 11.7. The van der Waals surface area contributed by atoms with Gasteiger partial charge in [0, 0.05) is 22.0 Å². The van der Waals surface area contributed by atoms with Crippen molar-refractivity contribution in [3.63, 3.8) is 0 Å². The third-order valence-electron chi connectivity index (χ3n) is 3.78. The van der Waals surface area contributed by atoms with Crippen molar-refractivity contribution in [2.24, 2.45) is 15.9 Å². The van der Waals surface area contributed by atoms with Crippen LogP contribution in [0.5, 0.6) is 0 Å². The Morgan fingerprint density at radius 2 is 1.89 bits per heavy atom. The van der Waals surface area contributed by atoms with Gasteiger partial charge in [0.05, 0.1) is 16.9 Å². The molecule has 2 aromatic rings. The number of anilines is 1. The summed E-state index contributed by atoms with van der Waals surface area (Å²) in [5.41, 5.74) is 6.77. The van der Waals surface area contributed by atoms with Crippen LogP contribution < -0.4 is 10.6 Å². The van der Waals surface area contributed by atoms with E-state index in [2.05, 4.69) is 10.2 Å². The van der Waals surface area contributed by atoms with Gasteiger partial charge in [-0.2, -0.15) is 5.10 Å². The number of amides is 2. The largest absolute Gasteiger partial charge is 0.377 e. The minimum atomic E-state index is -0.721. The Morgan fingerprint density at radius 3 is 2.64 bits per heavy atom. The van der Waals surface area contributed by atoms with Crippen LogP contribution in [-0.4, -0.2) is 28.4 Å². The van der Waals surface area contributed by atoms with Gasteiger partial charge in [-0.3, -0.25) is 9.59 Å². The van der Waals surface area contributed by atoms with Crippen molar-refractivity contribution < 1.29 is 9.59 Å². The summed E-state index contributed by atoms with van der Waals surface area (Å²) in [5, 5.41) is 8.20. The molecule has 3 rings (SSSR count). The Bertz CT molecular complexity index is 997. The highest BCUT2D eigenvalue weighted by Gasteiger charge is 2.41. The van der Waals surface area contributed by atoms with Crippen LogP contribution in [0.1, 0.15) is 12.0 Å². The summed E-state index contributed by atoms with van der Waals surface area (Å²) in [6.45, 7) is 0. The van der Waals surface area contributed by atoms with Crippen molar-refractivity contribution in [1.29, 1.82) is 0 Å². The molecule has 1 heterocycles. The Labute approximate surface area is 180 Å². The van der Waals surface area contributed by atoms with Crippen LogP contribution in [-0.2, 0) is 9.59 Å². The number of nitrogens with two attached hydrogens (primary N) is 1. The predicted octanol–water partition coefficient (Wildman–Crippen LogP) is 4.36. The molecule has 0 spiro atoms. The second-order valence-corrected chi connectivity index (χ2v) is 8.15. The molecule has 0 radical (unpaired) electrons. The zero-order chi connectivity index (χ0) is 20.3. The first-order valence-electron chi connectivity index (χ1n) is 7.96. The smallest absolute Gasteiger partial charge is 0.247 e. The maximum Gasteiger partial charge on any atom is 0.247 e. The van der Waals surface area contributed by atoms with Gasteiger partial charge in [0.2, 0.25) is 11.8 Å². The van der Waals surface area contributed by atoms with Gasteiger partial charge >= 0.3 is 0 Å². The van der Waals surface area contributed by atoms with Crippen LogP contribution in [0.3, 0.4) is 0 Å². The first kappa shape index (κ1) is 20.7. The Morgan fingerprint density at radius 1 is 1.14 bits per heavy atom. The summed E-state index contributed by atoms with van der Waals surface area (Å²) in [4.78, 5) is 26.0. The normalized spacial score (nSPS) is 17.8. The van der Waals surface area contributed by atoms with E-state index in [1.165, 1.54) is 18.3 Å². The first-order valence-corrected chi connectivity index (χ1v) is 9.97. The molecule has 28 heavy (non-hydrogen) atoms. The van der Waals surface area contributed by atoms with Crippen LogP contribution in [0.2, 0.25) is 15.1 Å². The van der Waals surface area contributed by atoms with Crippen LogP contribution in [0, 0.1) is 0 Å². The number of rotatable bonds is 4. The van der Waals surface area contributed by atoms with Crippen LogP contribution in [0.4, 0.5) is 5.69 Å². The van der Waals surface area contributed by atoms with Crippen LogP contribution >= 0.6 is 46.6 Å². The second-order valence-electron chi connectivity index (χ2n) is 5.68. The van der Waals surface area contributed by atoms with E-state index in [-0.39, 0.29) is 28.2 Å². The van der Waals surface area contributed by atoms with E-state index >= 15 is 0 Å². The van der Waals surface area contributed by atoms with E-state index < -0.39 is 11.2 Å². The monoisotopic (exact) mass is 454 g/mol. The fourth-order valence-electron chi connectivity index (χ4n) is 2.50. The number of carbonyl (C=O) groups excluding carboxylic acids is 2. The minimum absolute atomic E-state index is 0.0310. The summed E-state index contributed by atoms with van der Waals surface area (Å²) >= 11 is 19.0. The molecule has 1 aliphatic heterocycles. The Kier molecular flexibility index (Phi) is 6.61. The summed E-state index contributed by atoms with van der Waals surface area (Å²) in [6.07, 6.45) is 1.42. The van der Waals surface area contributed by atoms with E-state index in [0.717, 1.165) is 16.7 Å². The van der Waals surface area contributed by atoms with Crippen LogP contribution in [0.15, 0.2) is 52.7 Å². The van der Waals surface area contributed by atoms with Gasteiger partial charge in [0.25, 0.3) is 0 Å². The molecule has 0 saturated carbocycles. The van der Waals surface area contributed by atoms with Crippen molar-refractivity contribution in [3.05, 3.63) is 63.1 Å². The van der Waals surface area contributed by atoms with Gasteiger partial charge in [-0.1, -0.05) is 64.8 Å². The molecule has 6 nitrogen and oxygen atoms in total. The summed E-state index contributed by atoms with van der Waals surface area (Å²) in [5.74, 6) is -0.827. The lowest BCUT2D eigenvalue weighted by Gasteiger charge is -2.16. The molecular weight excluding hydrogens is 443 g/mol. The average molecular weight is 456 g/mol. The zero-order valence-corrected chi connectivity index (χ0v) is 17.3.